The van der Waals surface area contributed by atoms with Gasteiger partial charge in [-0.3, -0.25) is 5.43 Å². The molecule has 0 saturated carbocycles. The molecule has 0 bridgehead atoms. The highest BCUT2D eigenvalue weighted by Crippen LogP contribution is 2.22. The summed E-state index contributed by atoms with van der Waals surface area (Å²) in [6.45, 7) is 6.11. The number of thiocarbonyl (C=S) groups is 1. The predicted molar refractivity (Wildman–Crippen MR) is 100 cm³/mol. The number of nitrogens with one attached hydrogen (secondary N) is 2. The van der Waals surface area contributed by atoms with E-state index in [0.717, 1.165) is 22.7 Å². The SMILES string of the molecule is COc1ccccc1NC(=S)N/N=C(/C)c1ccc(C)cc1C. The lowest BCUT2D eigenvalue weighted by atomic mass is 10.0. The average Bonchev–Trinajstić information content (AvgIpc) is 2.53. The van der Waals surface area contributed by atoms with Crippen molar-refractivity contribution in [2.75, 3.05) is 12.4 Å². The summed E-state index contributed by atoms with van der Waals surface area (Å²) in [6.07, 6.45) is 0. The molecule has 0 unspecified atom stereocenters. The van der Waals surface area contributed by atoms with Gasteiger partial charge >= 0.3 is 0 Å². The normalized spacial score (nSPS) is 11.0. The number of anilines is 1. The molecule has 0 amide bonds. The molecule has 0 aliphatic rings. The first-order valence-corrected chi connectivity index (χ1v) is 7.74. The molecule has 0 aromatic heterocycles. The minimum absolute atomic E-state index is 0.415. The van der Waals surface area contributed by atoms with Gasteiger partial charge in [0.2, 0.25) is 0 Å². The van der Waals surface area contributed by atoms with Gasteiger partial charge in [-0.25, -0.2) is 0 Å². The van der Waals surface area contributed by atoms with E-state index in [2.05, 4.69) is 47.9 Å². The van der Waals surface area contributed by atoms with Crippen molar-refractivity contribution in [3.05, 3.63) is 59.2 Å². The van der Waals surface area contributed by atoms with E-state index < -0.39 is 0 Å². The second-order valence-electron chi connectivity index (χ2n) is 5.28. The van der Waals surface area contributed by atoms with Crippen LogP contribution in [0.1, 0.15) is 23.6 Å². The van der Waals surface area contributed by atoms with Crippen molar-refractivity contribution in [3.8, 4) is 5.75 Å². The van der Waals surface area contributed by atoms with Crippen molar-refractivity contribution < 1.29 is 4.74 Å². The Kier molecular flexibility index (Phi) is 5.71. The van der Waals surface area contributed by atoms with E-state index in [4.69, 9.17) is 17.0 Å². The zero-order valence-electron chi connectivity index (χ0n) is 13.8. The summed E-state index contributed by atoms with van der Waals surface area (Å²) in [6, 6.07) is 13.9. The van der Waals surface area contributed by atoms with Crippen molar-refractivity contribution in [2.24, 2.45) is 5.10 Å². The van der Waals surface area contributed by atoms with Gasteiger partial charge < -0.3 is 10.1 Å². The van der Waals surface area contributed by atoms with Gasteiger partial charge in [-0.2, -0.15) is 5.10 Å². The number of benzene rings is 2. The molecule has 5 heteroatoms. The molecule has 0 heterocycles. The van der Waals surface area contributed by atoms with E-state index in [1.165, 1.54) is 11.1 Å². The smallest absolute Gasteiger partial charge is 0.191 e. The lowest BCUT2D eigenvalue weighted by Crippen LogP contribution is -2.25. The number of rotatable bonds is 4. The minimum atomic E-state index is 0.415. The number of hydrogen-bond donors (Lipinski definition) is 2. The molecule has 0 atom stereocenters. The van der Waals surface area contributed by atoms with Crippen LogP contribution in [0.3, 0.4) is 0 Å². The maximum atomic E-state index is 5.28. The Morgan fingerprint density at radius 1 is 1.13 bits per heavy atom. The second kappa shape index (κ2) is 7.74. The minimum Gasteiger partial charge on any atom is -0.495 e. The van der Waals surface area contributed by atoms with Crippen molar-refractivity contribution in [2.45, 2.75) is 20.8 Å². The van der Waals surface area contributed by atoms with Crippen molar-refractivity contribution in [1.82, 2.24) is 5.43 Å². The molecule has 0 saturated heterocycles. The lowest BCUT2D eigenvalue weighted by Gasteiger charge is -2.12. The van der Waals surface area contributed by atoms with E-state index in [1.54, 1.807) is 7.11 Å². The quantitative estimate of drug-likeness (QED) is 0.506. The third kappa shape index (κ3) is 4.53. The van der Waals surface area contributed by atoms with Gasteiger partial charge in [-0.1, -0.05) is 35.9 Å². The molecule has 0 aliphatic carbocycles. The summed E-state index contributed by atoms with van der Waals surface area (Å²) in [5.41, 5.74) is 8.08. The predicted octanol–water partition coefficient (Wildman–Crippen LogP) is 4.02. The first-order chi connectivity index (χ1) is 11.0. The van der Waals surface area contributed by atoms with Crippen molar-refractivity contribution in [1.29, 1.82) is 0 Å². The van der Waals surface area contributed by atoms with E-state index >= 15 is 0 Å². The van der Waals surface area contributed by atoms with Crippen molar-refractivity contribution in [3.63, 3.8) is 0 Å². The molecule has 0 spiro atoms. The van der Waals surface area contributed by atoms with E-state index in [0.29, 0.717) is 5.11 Å². The largest absolute Gasteiger partial charge is 0.495 e. The van der Waals surface area contributed by atoms with Gasteiger partial charge in [0.15, 0.2) is 5.11 Å². The molecule has 23 heavy (non-hydrogen) atoms. The van der Waals surface area contributed by atoms with Crippen LogP contribution < -0.4 is 15.5 Å². The van der Waals surface area contributed by atoms with Gasteiger partial charge in [-0.15, -0.1) is 0 Å². The third-order valence-electron chi connectivity index (χ3n) is 3.45. The highest BCUT2D eigenvalue weighted by molar-refractivity contribution is 7.80. The Balaban J connectivity index is 2.05. The lowest BCUT2D eigenvalue weighted by molar-refractivity contribution is 0.417. The summed E-state index contributed by atoms with van der Waals surface area (Å²) < 4.78 is 5.28. The first kappa shape index (κ1) is 17.0. The first-order valence-electron chi connectivity index (χ1n) is 7.33. The molecule has 2 aromatic carbocycles. The van der Waals surface area contributed by atoms with Crippen LogP contribution in [0, 0.1) is 13.8 Å². The monoisotopic (exact) mass is 327 g/mol. The Bertz CT molecular complexity index is 741. The van der Waals surface area contributed by atoms with Gasteiger partial charge in [0.25, 0.3) is 0 Å². The third-order valence-corrected chi connectivity index (χ3v) is 3.65. The molecule has 0 aliphatic heterocycles. The van der Waals surface area contributed by atoms with Crippen LogP contribution in [0.5, 0.6) is 5.75 Å². The summed E-state index contributed by atoms with van der Waals surface area (Å²) in [7, 11) is 1.62. The van der Waals surface area contributed by atoms with Crippen LogP contribution in [0.4, 0.5) is 5.69 Å². The molecule has 2 aromatic rings. The highest BCUT2D eigenvalue weighted by atomic mass is 32.1. The molecule has 2 rings (SSSR count). The standard InChI is InChI=1S/C18H21N3OS/c1-12-9-10-15(13(2)11-12)14(3)20-21-18(23)19-16-7-5-6-8-17(16)22-4/h5-11H,1-4H3,(H2,19,21,23)/b20-14-. The van der Waals surface area contributed by atoms with Crippen LogP contribution in [-0.2, 0) is 0 Å². The molecule has 120 valence electrons. The maximum Gasteiger partial charge on any atom is 0.191 e. The number of para-hydroxylation sites is 2. The Morgan fingerprint density at radius 3 is 2.57 bits per heavy atom. The summed E-state index contributed by atoms with van der Waals surface area (Å²) in [5.74, 6) is 0.728. The Hall–Kier alpha value is -2.40. The second-order valence-corrected chi connectivity index (χ2v) is 5.69. The van der Waals surface area contributed by atoms with Crippen molar-refractivity contribution >= 4 is 28.7 Å². The van der Waals surface area contributed by atoms with Crippen LogP contribution >= 0.6 is 12.2 Å². The average molecular weight is 327 g/mol. The zero-order chi connectivity index (χ0) is 16.8. The number of methoxy groups -OCH3 is 1. The van der Waals surface area contributed by atoms with Crippen LogP contribution in [-0.4, -0.2) is 17.9 Å². The number of aryl methyl sites for hydroxylation is 2. The highest BCUT2D eigenvalue weighted by Gasteiger charge is 2.05. The summed E-state index contributed by atoms with van der Waals surface area (Å²) in [4.78, 5) is 0. The van der Waals surface area contributed by atoms with Gasteiger partial charge in [0.05, 0.1) is 18.5 Å². The number of hydrogen-bond acceptors (Lipinski definition) is 3. The molecule has 0 fully saturated rings. The van der Waals surface area contributed by atoms with Crippen LogP contribution in [0.25, 0.3) is 0 Å². The van der Waals surface area contributed by atoms with Gasteiger partial charge in [-0.05, 0) is 50.7 Å². The van der Waals surface area contributed by atoms with Gasteiger partial charge in [0.1, 0.15) is 5.75 Å². The van der Waals surface area contributed by atoms with E-state index in [1.807, 2.05) is 31.2 Å². The fraction of sp³-hybridized carbons (Fsp3) is 0.222. The molecule has 4 nitrogen and oxygen atoms in total. The van der Waals surface area contributed by atoms with E-state index in [9.17, 15) is 0 Å². The Morgan fingerprint density at radius 2 is 1.87 bits per heavy atom. The fourth-order valence-electron chi connectivity index (χ4n) is 2.31. The van der Waals surface area contributed by atoms with Crippen LogP contribution in [0.15, 0.2) is 47.6 Å². The van der Waals surface area contributed by atoms with Gasteiger partial charge in [0, 0.05) is 5.56 Å². The zero-order valence-corrected chi connectivity index (χ0v) is 14.6. The Labute approximate surface area is 142 Å². The summed E-state index contributed by atoms with van der Waals surface area (Å²) >= 11 is 5.28. The molecular weight excluding hydrogens is 306 g/mol. The molecular formula is C18H21N3OS. The number of hydrazone groups is 1. The maximum absolute atomic E-state index is 5.28. The van der Waals surface area contributed by atoms with Crippen LogP contribution in [0.2, 0.25) is 0 Å². The topological polar surface area (TPSA) is 45.6 Å². The molecule has 2 N–H and O–H groups in total. The van der Waals surface area contributed by atoms with E-state index in [-0.39, 0.29) is 0 Å². The number of nitrogens with zero attached hydrogens (tertiary/aromatic N) is 1. The number of ether oxygens (including phenoxy) is 1. The fourth-order valence-corrected chi connectivity index (χ4v) is 2.47. The molecule has 0 radical (unpaired) electrons. The summed E-state index contributed by atoms with van der Waals surface area (Å²) in [5, 5.41) is 7.85.